The van der Waals surface area contributed by atoms with Crippen LogP contribution in [0.3, 0.4) is 0 Å². The van der Waals surface area contributed by atoms with Gasteiger partial charge in [-0.25, -0.2) is 0 Å². The summed E-state index contributed by atoms with van der Waals surface area (Å²) in [4.78, 5) is 12.1. The quantitative estimate of drug-likeness (QED) is 0.914. The molecule has 0 spiro atoms. The van der Waals surface area contributed by atoms with Gasteiger partial charge in [-0.1, -0.05) is 29.8 Å². The van der Waals surface area contributed by atoms with Gasteiger partial charge in [0.2, 0.25) is 5.91 Å². The molecule has 2 N–H and O–H groups in total. The highest BCUT2D eigenvalue weighted by Gasteiger charge is 2.10. The lowest BCUT2D eigenvalue weighted by Crippen LogP contribution is -2.24. The number of carbonyl (C=O) groups excluding carboxylic acids is 1. The molecule has 1 aliphatic heterocycles. The number of anilines is 1. The van der Waals surface area contributed by atoms with E-state index < -0.39 is 0 Å². The van der Waals surface area contributed by atoms with Crippen LogP contribution >= 0.6 is 11.6 Å². The van der Waals surface area contributed by atoms with E-state index in [9.17, 15) is 4.79 Å². The van der Waals surface area contributed by atoms with Crippen LogP contribution < -0.4 is 10.6 Å². The van der Waals surface area contributed by atoms with Crippen LogP contribution in [0.4, 0.5) is 5.69 Å². The van der Waals surface area contributed by atoms with Crippen molar-refractivity contribution in [3.8, 4) is 0 Å². The van der Waals surface area contributed by atoms with Gasteiger partial charge in [-0.3, -0.25) is 4.79 Å². The summed E-state index contributed by atoms with van der Waals surface area (Å²) in [5.74, 6) is -0.0129. The SMILES string of the molecule is O=C(Cc1ccc(Cl)cc1)Nc1ccc2c(c1)CNCC2. The lowest BCUT2D eigenvalue weighted by molar-refractivity contribution is -0.115. The minimum absolute atomic E-state index is 0.0129. The van der Waals surface area contributed by atoms with Gasteiger partial charge in [0.25, 0.3) is 0 Å². The zero-order valence-electron chi connectivity index (χ0n) is 11.7. The van der Waals surface area contributed by atoms with Gasteiger partial charge in [0, 0.05) is 17.3 Å². The molecule has 3 rings (SSSR count). The molecule has 1 aliphatic rings. The zero-order chi connectivity index (χ0) is 14.7. The molecule has 0 radical (unpaired) electrons. The van der Waals surface area contributed by atoms with E-state index in [0.717, 1.165) is 30.8 Å². The maximum absolute atomic E-state index is 12.1. The molecule has 1 heterocycles. The first-order chi connectivity index (χ1) is 10.2. The molecule has 0 fully saturated rings. The second-order valence-corrected chi connectivity index (χ2v) is 5.70. The Morgan fingerprint density at radius 3 is 2.76 bits per heavy atom. The molecule has 108 valence electrons. The second kappa shape index (κ2) is 6.29. The number of nitrogens with one attached hydrogen (secondary N) is 2. The van der Waals surface area contributed by atoms with E-state index in [0.29, 0.717) is 11.4 Å². The van der Waals surface area contributed by atoms with Crippen LogP contribution in [0.1, 0.15) is 16.7 Å². The minimum Gasteiger partial charge on any atom is -0.326 e. The summed E-state index contributed by atoms with van der Waals surface area (Å²) < 4.78 is 0. The third kappa shape index (κ3) is 3.63. The van der Waals surface area contributed by atoms with Gasteiger partial charge >= 0.3 is 0 Å². The molecule has 3 nitrogen and oxygen atoms in total. The van der Waals surface area contributed by atoms with E-state index in [4.69, 9.17) is 11.6 Å². The molecule has 0 bridgehead atoms. The van der Waals surface area contributed by atoms with Crippen molar-refractivity contribution >= 4 is 23.2 Å². The third-order valence-corrected chi connectivity index (χ3v) is 3.91. The smallest absolute Gasteiger partial charge is 0.228 e. The van der Waals surface area contributed by atoms with E-state index in [1.54, 1.807) is 12.1 Å². The van der Waals surface area contributed by atoms with Crippen molar-refractivity contribution in [1.29, 1.82) is 0 Å². The molecule has 0 unspecified atom stereocenters. The third-order valence-electron chi connectivity index (χ3n) is 3.65. The molecule has 0 saturated carbocycles. The van der Waals surface area contributed by atoms with E-state index in [1.807, 2.05) is 18.2 Å². The van der Waals surface area contributed by atoms with Crippen molar-refractivity contribution in [3.63, 3.8) is 0 Å². The number of benzene rings is 2. The first kappa shape index (κ1) is 14.1. The highest BCUT2D eigenvalue weighted by atomic mass is 35.5. The van der Waals surface area contributed by atoms with Gasteiger partial charge in [-0.15, -0.1) is 0 Å². The van der Waals surface area contributed by atoms with Crippen LogP contribution in [-0.4, -0.2) is 12.5 Å². The molecule has 2 aromatic rings. The average Bonchev–Trinajstić information content (AvgIpc) is 2.49. The number of hydrogen-bond acceptors (Lipinski definition) is 2. The van der Waals surface area contributed by atoms with Crippen molar-refractivity contribution in [2.45, 2.75) is 19.4 Å². The lowest BCUT2D eigenvalue weighted by atomic mass is 10.0. The largest absolute Gasteiger partial charge is 0.326 e. The normalized spacial score (nSPS) is 13.6. The van der Waals surface area contributed by atoms with Crippen LogP contribution in [0.25, 0.3) is 0 Å². The molecule has 1 amide bonds. The molecule has 0 aliphatic carbocycles. The molecule has 0 aromatic heterocycles. The fraction of sp³-hybridized carbons (Fsp3) is 0.235. The van der Waals surface area contributed by atoms with Gasteiger partial charge < -0.3 is 10.6 Å². The fourth-order valence-corrected chi connectivity index (χ4v) is 2.68. The van der Waals surface area contributed by atoms with Crippen molar-refractivity contribution in [3.05, 3.63) is 64.2 Å². The van der Waals surface area contributed by atoms with Crippen molar-refractivity contribution in [2.75, 3.05) is 11.9 Å². The van der Waals surface area contributed by atoms with E-state index in [-0.39, 0.29) is 5.91 Å². The highest BCUT2D eigenvalue weighted by Crippen LogP contribution is 2.19. The topological polar surface area (TPSA) is 41.1 Å². The summed E-state index contributed by atoms with van der Waals surface area (Å²) in [7, 11) is 0. The Labute approximate surface area is 129 Å². The summed E-state index contributed by atoms with van der Waals surface area (Å²) in [6, 6.07) is 13.5. The lowest BCUT2D eigenvalue weighted by Gasteiger charge is -2.18. The number of amides is 1. The van der Waals surface area contributed by atoms with Crippen molar-refractivity contribution < 1.29 is 4.79 Å². The Kier molecular flexibility index (Phi) is 4.23. The van der Waals surface area contributed by atoms with Crippen LogP contribution in [0.15, 0.2) is 42.5 Å². The van der Waals surface area contributed by atoms with Gasteiger partial charge in [-0.05, 0) is 53.9 Å². The summed E-state index contributed by atoms with van der Waals surface area (Å²) in [6.07, 6.45) is 1.40. The summed E-state index contributed by atoms with van der Waals surface area (Å²) in [5, 5.41) is 6.98. The summed E-state index contributed by atoms with van der Waals surface area (Å²) >= 11 is 5.84. The van der Waals surface area contributed by atoms with Crippen molar-refractivity contribution in [1.82, 2.24) is 5.32 Å². The van der Waals surface area contributed by atoms with Crippen LogP contribution in [0, 0.1) is 0 Å². The predicted molar refractivity (Wildman–Crippen MR) is 85.6 cm³/mol. The number of rotatable bonds is 3. The molecule has 0 atom stereocenters. The average molecular weight is 301 g/mol. The number of fused-ring (bicyclic) bond motifs is 1. The van der Waals surface area contributed by atoms with Crippen molar-refractivity contribution in [2.24, 2.45) is 0 Å². The Hall–Kier alpha value is -1.84. The molecule has 2 aromatic carbocycles. The monoisotopic (exact) mass is 300 g/mol. The summed E-state index contributed by atoms with van der Waals surface area (Å²) in [5.41, 5.74) is 4.45. The first-order valence-electron chi connectivity index (χ1n) is 7.07. The Balaban J connectivity index is 1.65. The van der Waals surface area contributed by atoms with Crippen LogP contribution in [0.5, 0.6) is 0 Å². The first-order valence-corrected chi connectivity index (χ1v) is 7.45. The van der Waals surface area contributed by atoms with Gasteiger partial charge in [0.15, 0.2) is 0 Å². The zero-order valence-corrected chi connectivity index (χ0v) is 12.4. The standard InChI is InChI=1S/C17H17ClN2O/c18-15-4-1-12(2-5-15)9-17(21)20-16-6-3-13-7-8-19-11-14(13)10-16/h1-6,10,19H,7-9,11H2,(H,20,21). The van der Waals surface area contributed by atoms with E-state index in [1.165, 1.54) is 11.1 Å². The van der Waals surface area contributed by atoms with E-state index in [2.05, 4.69) is 22.8 Å². The molecular weight excluding hydrogens is 284 g/mol. The number of hydrogen-bond donors (Lipinski definition) is 2. The maximum Gasteiger partial charge on any atom is 0.228 e. The minimum atomic E-state index is -0.0129. The van der Waals surface area contributed by atoms with Gasteiger partial charge in [0.05, 0.1) is 6.42 Å². The molecule has 4 heteroatoms. The fourth-order valence-electron chi connectivity index (χ4n) is 2.55. The molecule has 0 saturated heterocycles. The van der Waals surface area contributed by atoms with Crippen LogP contribution in [-0.2, 0) is 24.2 Å². The Morgan fingerprint density at radius 2 is 1.95 bits per heavy atom. The number of carbonyl (C=O) groups is 1. The molecule has 21 heavy (non-hydrogen) atoms. The highest BCUT2D eigenvalue weighted by molar-refractivity contribution is 6.30. The second-order valence-electron chi connectivity index (χ2n) is 5.26. The molecular formula is C17H17ClN2O. The van der Waals surface area contributed by atoms with Crippen LogP contribution in [0.2, 0.25) is 5.02 Å². The Morgan fingerprint density at radius 1 is 1.14 bits per heavy atom. The Bertz CT molecular complexity index is 652. The predicted octanol–water partition coefficient (Wildman–Crippen LogP) is 3.17. The van der Waals surface area contributed by atoms with Gasteiger partial charge in [0.1, 0.15) is 0 Å². The van der Waals surface area contributed by atoms with E-state index >= 15 is 0 Å². The number of halogens is 1. The maximum atomic E-state index is 12.1. The summed E-state index contributed by atoms with van der Waals surface area (Å²) in [6.45, 7) is 1.89. The van der Waals surface area contributed by atoms with Gasteiger partial charge in [-0.2, -0.15) is 0 Å².